The Bertz CT molecular complexity index is 888. The van der Waals surface area contributed by atoms with Gasteiger partial charge < -0.3 is 25.7 Å². The molecule has 0 unspecified atom stereocenters. The monoisotopic (exact) mass is 452 g/mol. The van der Waals surface area contributed by atoms with Crippen LogP contribution in [0.4, 0.5) is 0 Å². The van der Waals surface area contributed by atoms with Crippen LogP contribution in [0.25, 0.3) is 0 Å². The lowest BCUT2D eigenvalue weighted by atomic mass is 10.1. The summed E-state index contributed by atoms with van der Waals surface area (Å²) in [6.07, 6.45) is 1.47. The smallest absolute Gasteiger partial charge is 0.219 e. The van der Waals surface area contributed by atoms with Crippen LogP contribution in [-0.4, -0.2) is 32.6 Å². The highest BCUT2D eigenvalue weighted by atomic mass is 16.5. The van der Waals surface area contributed by atoms with Crippen LogP contribution in [0, 0.1) is 0 Å². The number of hydrogen-bond donors (Lipinski definition) is 2. The molecule has 0 saturated heterocycles. The van der Waals surface area contributed by atoms with Gasteiger partial charge in [-0.3, -0.25) is 9.59 Å². The van der Waals surface area contributed by atoms with Crippen molar-refractivity contribution >= 4 is 12.3 Å². The molecule has 33 heavy (non-hydrogen) atoms. The van der Waals surface area contributed by atoms with Gasteiger partial charge >= 0.3 is 0 Å². The van der Waals surface area contributed by atoms with E-state index in [1.54, 1.807) is 0 Å². The van der Waals surface area contributed by atoms with Gasteiger partial charge in [-0.05, 0) is 41.8 Å². The molecule has 7 nitrogen and oxygen atoms in total. The molecular weight excluding hydrogens is 420 g/mol. The van der Waals surface area contributed by atoms with E-state index in [0.717, 1.165) is 17.9 Å². The van der Waals surface area contributed by atoms with Gasteiger partial charge in [-0.15, -0.1) is 0 Å². The third-order valence-electron chi connectivity index (χ3n) is 4.10. The zero-order chi connectivity index (χ0) is 24.2. The first-order chi connectivity index (χ1) is 16.1. The second-order valence-electron chi connectivity index (χ2n) is 6.69. The minimum Gasteiger partial charge on any atom is -0.457 e. The first kappa shape index (κ1) is 27.4. The number of carbonyl (C=O) groups is 2. The second kappa shape index (κ2) is 17.9. The standard InChI is InChI=1S/C21H20O2.C4H9NO2.CH3NO/c1-3-7-19(8-4-1)17-22-16-15-18-11-13-21(14-12-18)23-20-9-5-2-6-10-20;1-7-3-2-4(5)6;2-1-3/h1-14H,15-17H2;2-3H2,1H3,(H2,5,6);1H,(H2,2,3). The molecule has 0 atom stereocenters. The third-order valence-corrected chi connectivity index (χ3v) is 4.10. The molecule has 3 rings (SSSR count). The molecule has 0 aromatic heterocycles. The number of primary amides is 2. The summed E-state index contributed by atoms with van der Waals surface area (Å²) in [5, 5.41) is 0. The van der Waals surface area contributed by atoms with E-state index in [4.69, 9.17) is 20.0 Å². The number of rotatable bonds is 10. The van der Waals surface area contributed by atoms with E-state index < -0.39 is 0 Å². The zero-order valence-electron chi connectivity index (χ0n) is 18.9. The Hall–Kier alpha value is -3.68. The molecule has 3 aromatic rings. The molecule has 0 fully saturated rings. The molecule has 0 spiro atoms. The summed E-state index contributed by atoms with van der Waals surface area (Å²) in [5.41, 5.74) is 11.4. The highest BCUT2D eigenvalue weighted by Gasteiger charge is 1.99. The maximum atomic E-state index is 9.90. The minimum atomic E-state index is -0.318. The Morgan fingerprint density at radius 3 is 1.88 bits per heavy atom. The Balaban J connectivity index is 0.000000462. The third kappa shape index (κ3) is 14.1. The second-order valence-corrected chi connectivity index (χ2v) is 6.69. The molecular formula is C26H32N2O5. The lowest BCUT2D eigenvalue weighted by Gasteiger charge is -2.07. The van der Waals surface area contributed by atoms with Gasteiger partial charge in [0.15, 0.2) is 0 Å². The Labute approximate surface area is 195 Å². The Morgan fingerprint density at radius 1 is 0.818 bits per heavy atom. The van der Waals surface area contributed by atoms with Crippen molar-refractivity contribution in [1.29, 1.82) is 0 Å². The van der Waals surface area contributed by atoms with Crippen molar-refractivity contribution in [2.45, 2.75) is 19.4 Å². The molecule has 0 aliphatic rings. The first-order valence-electron chi connectivity index (χ1n) is 10.4. The van der Waals surface area contributed by atoms with Crippen LogP contribution >= 0.6 is 0 Å². The van der Waals surface area contributed by atoms with Crippen molar-refractivity contribution < 1.29 is 23.8 Å². The molecule has 4 N–H and O–H groups in total. The average molecular weight is 453 g/mol. The van der Waals surface area contributed by atoms with Crippen molar-refractivity contribution in [2.75, 3.05) is 20.3 Å². The molecule has 0 saturated carbocycles. The van der Waals surface area contributed by atoms with Crippen LogP contribution < -0.4 is 16.2 Å². The van der Waals surface area contributed by atoms with Crippen molar-refractivity contribution in [3.05, 3.63) is 96.1 Å². The van der Waals surface area contributed by atoms with Crippen molar-refractivity contribution in [3.8, 4) is 11.5 Å². The van der Waals surface area contributed by atoms with Crippen molar-refractivity contribution in [3.63, 3.8) is 0 Å². The SMILES string of the molecule is COCCC(N)=O.NC=O.c1ccc(COCCc2ccc(Oc3ccccc3)cc2)cc1. The first-order valence-corrected chi connectivity index (χ1v) is 10.4. The predicted molar refractivity (Wildman–Crippen MR) is 129 cm³/mol. The molecule has 2 amide bonds. The van der Waals surface area contributed by atoms with E-state index >= 15 is 0 Å². The molecule has 3 aromatic carbocycles. The van der Waals surface area contributed by atoms with Gasteiger partial charge in [-0.25, -0.2) is 0 Å². The number of carbonyl (C=O) groups excluding carboxylic acids is 2. The molecule has 0 radical (unpaired) electrons. The number of benzene rings is 3. The molecule has 0 heterocycles. The lowest BCUT2D eigenvalue weighted by molar-refractivity contribution is -0.118. The van der Waals surface area contributed by atoms with Gasteiger partial charge in [0.1, 0.15) is 11.5 Å². The van der Waals surface area contributed by atoms with Crippen molar-refractivity contribution in [2.24, 2.45) is 11.5 Å². The summed E-state index contributed by atoms with van der Waals surface area (Å²) in [6.45, 7) is 1.80. The summed E-state index contributed by atoms with van der Waals surface area (Å²) in [5.74, 6) is 1.39. The summed E-state index contributed by atoms with van der Waals surface area (Å²) in [7, 11) is 1.53. The largest absolute Gasteiger partial charge is 0.457 e. The van der Waals surface area contributed by atoms with E-state index in [0.29, 0.717) is 26.2 Å². The Kier molecular flexibility index (Phi) is 14.9. The van der Waals surface area contributed by atoms with Gasteiger partial charge in [0.2, 0.25) is 12.3 Å². The van der Waals surface area contributed by atoms with E-state index in [9.17, 15) is 4.79 Å². The fourth-order valence-corrected chi connectivity index (χ4v) is 2.51. The predicted octanol–water partition coefficient (Wildman–Crippen LogP) is 3.85. The summed E-state index contributed by atoms with van der Waals surface area (Å²) in [6, 6.07) is 28.2. The molecule has 0 aliphatic carbocycles. The summed E-state index contributed by atoms with van der Waals surface area (Å²) < 4.78 is 16.1. The zero-order valence-corrected chi connectivity index (χ0v) is 18.9. The average Bonchev–Trinajstić information content (AvgIpc) is 2.84. The summed E-state index contributed by atoms with van der Waals surface area (Å²) in [4.78, 5) is 18.5. The van der Waals surface area contributed by atoms with Crippen LogP contribution in [-0.2, 0) is 32.1 Å². The number of amides is 2. The highest BCUT2D eigenvalue weighted by molar-refractivity contribution is 5.73. The molecule has 7 heteroatoms. The van der Waals surface area contributed by atoms with Gasteiger partial charge in [-0.1, -0.05) is 60.7 Å². The maximum Gasteiger partial charge on any atom is 0.219 e. The van der Waals surface area contributed by atoms with Gasteiger partial charge in [0.05, 0.1) is 19.8 Å². The fraction of sp³-hybridized carbons (Fsp3) is 0.231. The van der Waals surface area contributed by atoms with Crippen LogP contribution in [0.15, 0.2) is 84.9 Å². The van der Waals surface area contributed by atoms with E-state index in [-0.39, 0.29) is 12.3 Å². The van der Waals surface area contributed by atoms with Crippen LogP contribution in [0.5, 0.6) is 11.5 Å². The highest BCUT2D eigenvalue weighted by Crippen LogP contribution is 2.21. The number of hydrogen-bond acceptors (Lipinski definition) is 5. The number of para-hydroxylation sites is 1. The number of methoxy groups -OCH3 is 1. The van der Waals surface area contributed by atoms with E-state index in [1.807, 2.05) is 60.7 Å². The van der Waals surface area contributed by atoms with E-state index in [2.05, 4.69) is 34.7 Å². The number of nitrogens with two attached hydrogens (primary N) is 2. The lowest BCUT2D eigenvalue weighted by Crippen LogP contribution is -2.12. The van der Waals surface area contributed by atoms with Gasteiger partial charge in [0.25, 0.3) is 0 Å². The normalized spacial score (nSPS) is 9.48. The quantitative estimate of drug-likeness (QED) is 0.358. The molecule has 0 aliphatic heterocycles. The van der Waals surface area contributed by atoms with E-state index in [1.165, 1.54) is 18.2 Å². The van der Waals surface area contributed by atoms with Gasteiger partial charge in [-0.2, -0.15) is 0 Å². The topological polar surface area (TPSA) is 114 Å². The maximum absolute atomic E-state index is 9.90. The minimum absolute atomic E-state index is 0.250. The fourth-order valence-electron chi connectivity index (χ4n) is 2.51. The van der Waals surface area contributed by atoms with Gasteiger partial charge in [0, 0.05) is 13.5 Å². The number of ether oxygens (including phenoxy) is 3. The molecule has 0 bridgehead atoms. The van der Waals surface area contributed by atoms with Crippen LogP contribution in [0.1, 0.15) is 17.5 Å². The van der Waals surface area contributed by atoms with Crippen molar-refractivity contribution in [1.82, 2.24) is 0 Å². The molecule has 176 valence electrons. The Morgan fingerprint density at radius 2 is 1.36 bits per heavy atom. The van der Waals surface area contributed by atoms with Crippen LogP contribution in [0.3, 0.4) is 0 Å². The summed E-state index contributed by atoms with van der Waals surface area (Å²) >= 11 is 0. The van der Waals surface area contributed by atoms with Crippen LogP contribution in [0.2, 0.25) is 0 Å².